The molecule has 0 aromatic carbocycles. The summed E-state index contributed by atoms with van der Waals surface area (Å²) in [5.41, 5.74) is 0.823. The average molecular weight is 222 g/mol. The Kier molecular flexibility index (Phi) is 3.41. The summed E-state index contributed by atoms with van der Waals surface area (Å²) < 4.78 is 0. The van der Waals surface area contributed by atoms with Gasteiger partial charge in [0.1, 0.15) is 5.82 Å². The number of aliphatic hydroxyl groups is 2. The van der Waals surface area contributed by atoms with Gasteiger partial charge in [0.2, 0.25) is 0 Å². The van der Waals surface area contributed by atoms with Crippen molar-refractivity contribution in [1.29, 1.82) is 0 Å². The third-order valence-corrected chi connectivity index (χ3v) is 2.88. The highest BCUT2D eigenvalue weighted by molar-refractivity contribution is 5.42. The molecule has 16 heavy (non-hydrogen) atoms. The molecule has 1 aromatic heterocycles. The van der Waals surface area contributed by atoms with Crippen molar-refractivity contribution in [2.45, 2.75) is 31.9 Å². The summed E-state index contributed by atoms with van der Waals surface area (Å²) in [4.78, 5) is 6.47. The van der Waals surface area contributed by atoms with E-state index in [-0.39, 0.29) is 6.61 Å². The van der Waals surface area contributed by atoms with E-state index in [0.29, 0.717) is 12.6 Å². The molecule has 1 atom stereocenters. The van der Waals surface area contributed by atoms with Crippen LogP contribution in [0.2, 0.25) is 0 Å². The number of nitrogens with zero attached hydrogens (tertiary/aromatic N) is 2. The van der Waals surface area contributed by atoms with Gasteiger partial charge < -0.3 is 15.1 Å². The van der Waals surface area contributed by atoms with E-state index in [9.17, 15) is 5.11 Å². The van der Waals surface area contributed by atoms with Gasteiger partial charge in [-0.15, -0.1) is 0 Å². The van der Waals surface area contributed by atoms with Gasteiger partial charge in [-0.05, 0) is 31.4 Å². The SMILES string of the molecule is CC(O)c1ccc(N(CCO)C2CC2)nc1. The summed E-state index contributed by atoms with van der Waals surface area (Å²) in [6, 6.07) is 4.34. The van der Waals surface area contributed by atoms with Gasteiger partial charge in [0.05, 0.1) is 12.7 Å². The number of hydrogen-bond acceptors (Lipinski definition) is 4. The fraction of sp³-hybridized carbons (Fsp3) is 0.583. The molecule has 1 aromatic rings. The molecule has 0 aliphatic heterocycles. The molecule has 1 unspecified atom stereocenters. The highest BCUT2D eigenvalue weighted by Gasteiger charge is 2.29. The van der Waals surface area contributed by atoms with Gasteiger partial charge in [-0.1, -0.05) is 6.07 Å². The lowest BCUT2D eigenvalue weighted by Gasteiger charge is -2.22. The second kappa shape index (κ2) is 4.80. The summed E-state index contributed by atoms with van der Waals surface area (Å²) in [5, 5.41) is 18.4. The Morgan fingerprint density at radius 3 is 2.69 bits per heavy atom. The molecule has 0 saturated heterocycles. The topological polar surface area (TPSA) is 56.6 Å². The predicted molar refractivity (Wildman–Crippen MR) is 62.3 cm³/mol. The third-order valence-electron chi connectivity index (χ3n) is 2.88. The van der Waals surface area contributed by atoms with E-state index in [4.69, 9.17) is 5.11 Å². The molecule has 88 valence electrons. The minimum absolute atomic E-state index is 0.149. The monoisotopic (exact) mass is 222 g/mol. The first kappa shape index (κ1) is 11.4. The maximum absolute atomic E-state index is 9.38. The Labute approximate surface area is 95.5 Å². The average Bonchev–Trinajstić information content (AvgIpc) is 3.10. The molecule has 1 heterocycles. The van der Waals surface area contributed by atoms with Crippen LogP contribution in [0.5, 0.6) is 0 Å². The zero-order valence-electron chi connectivity index (χ0n) is 9.50. The molecule has 4 nitrogen and oxygen atoms in total. The smallest absolute Gasteiger partial charge is 0.128 e. The molecular weight excluding hydrogens is 204 g/mol. The van der Waals surface area contributed by atoms with Gasteiger partial charge in [0, 0.05) is 18.8 Å². The molecule has 0 bridgehead atoms. The maximum Gasteiger partial charge on any atom is 0.128 e. The van der Waals surface area contributed by atoms with Crippen molar-refractivity contribution in [1.82, 2.24) is 4.98 Å². The van der Waals surface area contributed by atoms with Gasteiger partial charge in [0.25, 0.3) is 0 Å². The van der Waals surface area contributed by atoms with Crippen LogP contribution in [0.4, 0.5) is 5.82 Å². The molecule has 0 spiro atoms. The molecule has 2 rings (SSSR count). The Morgan fingerprint density at radius 2 is 2.25 bits per heavy atom. The third kappa shape index (κ3) is 2.51. The summed E-state index contributed by atoms with van der Waals surface area (Å²) in [6.07, 6.45) is 3.58. The normalized spacial score (nSPS) is 17.2. The van der Waals surface area contributed by atoms with Gasteiger partial charge >= 0.3 is 0 Å². The van der Waals surface area contributed by atoms with E-state index in [2.05, 4.69) is 9.88 Å². The maximum atomic E-state index is 9.38. The van der Waals surface area contributed by atoms with Crippen molar-refractivity contribution >= 4 is 5.82 Å². The molecule has 0 radical (unpaired) electrons. The number of anilines is 1. The van der Waals surface area contributed by atoms with Crippen molar-refractivity contribution in [3.63, 3.8) is 0 Å². The largest absolute Gasteiger partial charge is 0.395 e. The van der Waals surface area contributed by atoms with E-state index in [1.54, 1.807) is 13.1 Å². The van der Waals surface area contributed by atoms with Gasteiger partial charge in [0.15, 0.2) is 0 Å². The van der Waals surface area contributed by atoms with Crippen LogP contribution in [-0.2, 0) is 0 Å². The molecule has 1 aliphatic rings. The van der Waals surface area contributed by atoms with Crippen LogP contribution in [-0.4, -0.2) is 34.4 Å². The number of hydrogen-bond donors (Lipinski definition) is 2. The summed E-state index contributed by atoms with van der Waals surface area (Å²) in [6.45, 7) is 2.51. The molecule has 2 N–H and O–H groups in total. The van der Waals surface area contributed by atoms with E-state index < -0.39 is 6.10 Å². The molecule has 0 amide bonds. The first-order valence-electron chi connectivity index (χ1n) is 5.74. The molecular formula is C12H18N2O2. The van der Waals surface area contributed by atoms with E-state index in [1.165, 1.54) is 12.8 Å². The predicted octanol–water partition coefficient (Wildman–Crippen LogP) is 1.10. The lowest BCUT2D eigenvalue weighted by molar-refractivity contribution is 0.199. The molecule has 4 heteroatoms. The summed E-state index contributed by atoms with van der Waals surface area (Å²) >= 11 is 0. The Hall–Kier alpha value is -1.13. The first-order chi connectivity index (χ1) is 7.72. The standard InChI is InChI=1S/C12H18N2O2/c1-9(16)10-2-5-12(13-8-10)14(6-7-15)11-3-4-11/h2,5,8-9,11,15-16H,3-4,6-7H2,1H3. The van der Waals surface area contributed by atoms with Crippen molar-refractivity contribution in [3.05, 3.63) is 23.9 Å². The Balaban J connectivity index is 2.11. The highest BCUT2D eigenvalue weighted by Crippen LogP contribution is 2.30. The number of aliphatic hydroxyl groups excluding tert-OH is 2. The van der Waals surface area contributed by atoms with Crippen molar-refractivity contribution in [2.75, 3.05) is 18.1 Å². The Morgan fingerprint density at radius 1 is 1.50 bits per heavy atom. The van der Waals surface area contributed by atoms with Crippen LogP contribution in [0.15, 0.2) is 18.3 Å². The summed E-state index contributed by atoms with van der Waals surface area (Å²) in [5.74, 6) is 0.890. The van der Waals surface area contributed by atoms with Crippen LogP contribution in [0.3, 0.4) is 0 Å². The van der Waals surface area contributed by atoms with E-state index in [0.717, 1.165) is 11.4 Å². The van der Waals surface area contributed by atoms with Crippen molar-refractivity contribution in [2.24, 2.45) is 0 Å². The number of rotatable bonds is 5. The fourth-order valence-electron chi connectivity index (χ4n) is 1.79. The summed E-state index contributed by atoms with van der Waals surface area (Å²) in [7, 11) is 0. The van der Waals surface area contributed by atoms with Crippen LogP contribution in [0.1, 0.15) is 31.4 Å². The van der Waals surface area contributed by atoms with Gasteiger partial charge in [-0.25, -0.2) is 4.98 Å². The second-order valence-electron chi connectivity index (χ2n) is 4.27. The van der Waals surface area contributed by atoms with Crippen LogP contribution >= 0.6 is 0 Å². The quantitative estimate of drug-likeness (QED) is 0.783. The first-order valence-corrected chi connectivity index (χ1v) is 5.74. The molecule has 1 aliphatic carbocycles. The Bertz CT molecular complexity index is 333. The van der Waals surface area contributed by atoms with Crippen LogP contribution in [0, 0.1) is 0 Å². The minimum atomic E-state index is -0.478. The van der Waals surface area contributed by atoms with Crippen LogP contribution in [0.25, 0.3) is 0 Å². The van der Waals surface area contributed by atoms with Crippen molar-refractivity contribution < 1.29 is 10.2 Å². The zero-order chi connectivity index (χ0) is 11.5. The van der Waals surface area contributed by atoms with E-state index >= 15 is 0 Å². The second-order valence-corrected chi connectivity index (χ2v) is 4.27. The van der Waals surface area contributed by atoms with Crippen molar-refractivity contribution in [3.8, 4) is 0 Å². The van der Waals surface area contributed by atoms with Gasteiger partial charge in [-0.3, -0.25) is 0 Å². The minimum Gasteiger partial charge on any atom is -0.395 e. The van der Waals surface area contributed by atoms with E-state index in [1.807, 2.05) is 12.1 Å². The fourth-order valence-corrected chi connectivity index (χ4v) is 1.79. The highest BCUT2D eigenvalue weighted by atomic mass is 16.3. The van der Waals surface area contributed by atoms with Crippen LogP contribution < -0.4 is 4.90 Å². The molecule has 1 fully saturated rings. The lowest BCUT2D eigenvalue weighted by Crippen LogP contribution is -2.29. The molecule has 1 saturated carbocycles. The van der Waals surface area contributed by atoms with Gasteiger partial charge in [-0.2, -0.15) is 0 Å². The number of pyridine rings is 1. The zero-order valence-corrected chi connectivity index (χ0v) is 9.50. The number of aromatic nitrogens is 1. The lowest BCUT2D eigenvalue weighted by atomic mass is 10.2.